The van der Waals surface area contributed by atoms with Crippen molar-refractivity contribution in [3.63, 3.8) is 0 Å². The molecule has 218 valence electrons. The number of hydrogen-bond donors (Lipinski definition) is 0. The number of rotatable bonds is 2. The molecule has 5 unspecified atom stereocenters. The standard InChI is InChI=1S/C37H48N2O2/c1-34-13-10-30-21-29-6-7-31(39-18-3-2-12-35(24-39)16-19-40-25-35)22-36(29)14-15-37(30,41-36)33(34)9-8-32(34)27-5-4-26-11-17-38-23-28(26)20-27/h10-11,17,20-21,23,31-33H,2-9,12-16,18-19,22,24-25H2,1H3/t31?,32?,33?,34?,35?,36-,37-/m1/s1. The van der Waals surface area contributed by atoms with Gasteiger partial charge in [0.1, 0.15) is 0 Å². The molecule has 2 saturated carbocycles. The second kappa shape index (κ2) is 9.13. The number of aryl methyl sites for hydroxylation is 1. The van der Waals surface area contributed by atoms with Crippen LogP contribution < -0.4 is 0 Å². The van der Waals surface area contributed by atoms with Gasteiger partial charge < -0.3 is 9.47 Å². The number of pyridine rings is 1. The van der Waals surface area contributed by atoms with Crippen molar-refractivity contribution in [2.45, 2.75) is 114 Å². The van der Waals surface area contributed by atoms with Gasteiger partial charge in [-0.1, -0.05) is 37.1 Å². The quantitative estimate of drug-likeness (QED) is 0.382. The fourth-order valence-electron chi connectivity index (χ4n) is 11.6. The highest BCUT2D eigenvalue weighted by Gasteiger charge is 2.67. The zero-order valence-corrected chi connectivity index (χ0v) is 25.1. The number of aromatic nitrogens is 1. The Bertz CT molecular complexity index is 1340. The second-order valence-corrected chi connectivity index (χ2v) is 15.6. The fourth-order valence-corrected chi connectivity index (χ4v) is 11.6. The molecule has 41 heavy (non-hydrogen) atoms. The molecule has 3 saturated heterocycles. The van der Waals surface area contributed by atoms with Crippen LogP contribution >= 0.6 is 0 Å². The van der Waals surface area contributed by atoms with Gasteiger partial charge in [0.2, 0.25) is 0 Å². The molecule has 1 aromatic heterocycles. The van der Waals surface area contributed by atoms with Crippen LogP contribution in [0, 0.1) is 22.7 Å². The number of nitrogens with zero attached hydrogens (tertiary/aromatic N) is 2. The maximum Gasteiger partial charge on any atom is 0.0974 e. The summed E-state index contributed by atoms with van der Waals surface area (Å²) in [5, 5.41) is 0. The van der Waals surface area contributed by atoms with E-state index in [9.17, 15) is 0 Å². The molecule has 4 heteroatoms. The van der Waals surface area contributed by atoms with Crippen molar-refractivity contribution < 1.29 is 9.47 Å². The Morgan fingerprint density at radius 1 is 1.00 bits per heavy atom. The molecule has 4 nitrogen and oxygen atoms in total. The third-order valence-electron chi connectivity index (χ3n) is 13.7. The Morgan fingerprint density at radius 3 is 2.90 bits per heavy atom. The van der Waals surface area contributed by atoms with Crippen LogP contribution in [0.25, 0.3) is 6.08 Å². The first kappa shape index (κ1) is 25.7. The van der Waals surface area contributed by atoms with Gasteiger partial charge in [-0.3, -0.25) is 9.88 Å². The molecule has 0 N–H and O–H groups in total. The first-order valence-corrected chi connectivity index (χ1v) is 17.1. The third kappa shape index (κ3) is 3.72. The molecule has 4 aliphatic heterocycles. The van der Waals surface area contributed by atoms with Crippen LogP contribution in [0.5, 0.6) is 0 Å². The predicted octanol–water partition coefficient (Wildman–Crippen LogP) is 7.45. The molecule has 2 bridgehead atoms. The molecule has 5 fully saturated rings. The molecule has 0 radical (unpaired) electrons. The molecular weight excluding hydrogens is 504 g/mol. The van der Waals surface area contributed by atoms with Crippen LogP contribution in [-0.2, 0) is 15.9 Å². The van der Waals surface area contributed by atoms with E-state index in [0.717, 1.165) is 13.2 Å². The lowest BCUT2D eigenvalue weighted by molar-refractivity contribution is -0.142. The summed E-state index contributed by atoms with van der Waals surface area (Å²) < 4.78 is 13.7. The van der Waals surface area contributed by atoms with Crippen molar-refractivity contribution in [2.75, 3.05) is 26.3 Å². The van der Waals surface area contributed by atoms with Crippen LogP contribution in [0.3, 0.4) is 0 Å². The minimum atomic E-state index is -0.0544. The molecule has 1 aromatic rings. The predicted molar refractivity (Wildman–Crippen MR) is 162 cm³/mol. The Labute approximate surface area is 246 Å². The highest BCUT2D eigenvalue weighted by Crippen LogP contribution is 2.69. The van der Waals surface area contributed by atoms with Crippen LogP contribution in [-0.4, -0.2) is 53.4 Å². The van der Waals surface area contributed by atoms with E-state index in [2.05, 4.69) is 47.3 Å². The Kier molecular flexibility index (Phi) is 5.73. The Morgan fingerprint density at radius 2 is 1.98 bits per heavy atom. The van der Waals surface area contributed by atoms with Crippen LogP contribution in [0.15, 0.2) is 47.3 Å². The number of fused-ring (bicyclic) bond motifs is 2. The molecule has 4 aliphatic carbocycles. The monoisotopic (exact) mass is 552 g/mol. The first-order chi connectivity index (χ1) is 20.0. The van der Waals surface area contributed by atoms with E-state index in [0.29, 0.717) is 28.7 Å². The molecule has 9 rings (SSSR count). The average Bonchev–Trinajstić information content (AvgIpc) is 3.63. The average molecular weight is 553 g/mol. The van der Waals surface area contributed by atoms with Gasteiger partial charge in [-0.2, -0.15) is 0 Å². The number of allylic oxidation sites excluding steroid dienone is 2. The van der Waals surface area contributed by atoms with Crippen LogP contribution in [0.2, 0.25) is 0 Å². The highest BCUT2D eigenvalue weighted by molar-refractivity contribution is 5.60. The Balaban J connectivity index is 1.01. The molecule has 8 aliphatic rings. The minimum absolute atomic E-state index is 0.0169. The third-order valence-corrected chi connectivity index (χ3v) is 13.7. The number of likely N-dealkylation sites (tertiary alicyclic amines) is 1. The van der Waals surface area contributed by atoms with Gasteiger partial charge >= 0.3 is 0 Å². The van der Waals surface area contributed by atoms with Gasteiger partial charge in [-0.25, -0.2) is 0 Å². The largest absolute Gasteiger partial charge is 0.381 e. The van der Waals surface area contributed by atoms with Gasteiger partial charge in [0.05, 0.1) is 17.8 Å². The lowest BCUT2D eigenvalue weighted by Crippen LogP contribution is -2.56. The number of ether oxygens (including phenoxy) is 2. The summed E-state index contributed by atoms with van der Waals surface area (Å²) >= 11 is 0. The highest BCUT2D eigenvalue weighted by atomic mass is 16.5. The van der Waals surface area contributed by atoms with E-state index >= 15 is 0 Å². The van der Waals surface area contributed by atoms with E-state index in [1.807, 2.05) is 6.20 Å². The zero-order valence-electron chi connectivity index (χ0n) is 25.1. The van der Waals surface area contributed by atoms with Gasteiger partial charge in [0, 0.05) is 37.0 Å². The van der Waals surface area contributed by atoms with E-state index < -0.39 is 0 Å². The zero-order chi connectivity index (χ0) is 27.3. The van der Waals surface area contributed by atoms with E-state index in [1.165, 1.54) is 114 Å². The Hall–Kier alpha value is -1.75. The van der Waals surface area contributed by atoms with Crippen molar-refractivity contribution in [1.82, 2.24) is 9.88 Å². The van der Waals surface area contributed by atoms with E-state index in [4.69, 9.17) is 9.47 Å². The van der Waals surface area contributed by atoms with Crippen molar-refractivity contribution in [3.8, 4) is 0 Å². The van der Waals surface area contributed by atoms with E-state index in [1.54, 1.807) is 16.7 Å². The van der Waals surface area contributed by atoms with Crippen LogP contribution in [0.1, 0.15) is 102 Å². The van der Waals surface area contributed by atoms with Crippen molar-refractivity contribution >= 4 is 6.08 Å². The fraction of sp³-hybridized carbons (Fsp3) is 0.703. The van der Waals surface area contributed by atoms with Gasteiger partial charge in [-0.15, -0.1) is 0 Å². The first-order valence-electron chi connectivity index (χ1n) is 17.1. The van der Waals surface area contributed by atoms with E-state index in [-0.39, 0.29) is 11.2 Å². The smallest absolute Gasteiger partial charge is 0.0974 e. The maximum absolute atomic E-state index is 7.70. The van der Waals surface area contributed by atoms with Crippen molar-refractivity contribution in [3.05, 3.63) is 58.5 Å². The molecule has 3 spiro atoms. The van der Waals surface area contributed by atoms with Gasteiger partial charge in [0.25, 0.3) is 0 Å². The minimum Gasteiger partial charge on any atom is -0.381 e. The van der Waals surface area contributed by atoms with Crippen LogP contribution in [0.4, 0.5) is 0 Å². The molecular formula is C37H48N2O2. The van der Waals surface area contributed by atoms with Gasteiger partial charge in [0.15, 0.2) is 0 Å². The summed E-state index contributed by atoms with van der Waals surface area (Å²) in [5.41, 5.74) is 8.36. The van der Waals surface area contributed by atoms with Gasteiger partial charge in [-0.05, 0) is 136 Å². The lowest BCUT2D eigenvalue weighted by Gasteiger charge is -2.55. The maximum atomic E-state index is 7.70. The van der Waals surface area contributed by atoms with Crippen molar-refractivity contribution in [2.24, 2.45) is 22.7 Å². The summed E-state index contributed by atoms with van der Waals surface area (Å²) in [5.74, 6) is 1.30. The second-order valence-electron chi connectivity index (χ2n) is 15.6. The van der Waals surface area contributed by atoms with Crippen molar-refractivity contribution in [1.29, 1.82) is 0 Å². The molecule has 5 heterocycles. The summed E-state index contributed by atoms with van der Waals surface area (Å²) in [7, 11) is 0. The summed E-state index contributed by atoms with van der Waals surface area (Å²) in [6.07, 6.45) is 29.7. The molecule has 7 atom stereocenters. The summed E-state index contributed by atoms with van der Waals surface area (Å²) in [6, 6.07) is 2.88. The molecule has 0 amide bonds. The SMILES string of the molecule is CC12CC=C3C=C4CCC(N5CCCCC6(CCOC6)C5)C[C@]45CC[C@]3(O5)C1CCC2C1=Cc2cnccc2CC1. The summed E-state index contributed by atoms with van der Waals surface area (Å²) in [6.45, 7) is 7.11. The number of hydrogen-bond acceptors (Lipinski definition) is 4. The lowest BCUT2D eigenvalue weighted by atomic mass is 9.57. The topological polar surface area (TPSA) is 34.6 Å². The summed E-state index contributed by atoms with van der Waals surface area (Å²) in [4.78, 5) is 7.36. The molecule has 0 aromatic carbocycles. The normalized spacial score (nSPS) is 45.2.